The van der Waals surface area contributed by atoms with Crippen molar-refractivity contribution >= 4 is 5.91 Å². The first-order valence-electron chi connectivity index (χ1n) is 6.74. The maximum absolute atomic E-state index is 12.6. The van der Waals surface area contributed by atoms with Crippen LogP contribution in [0.4, 0.5) is 0 Å². The molecule has 19 heavy (non-hydrogen) atoms. The summed E-state index contributed by atoms with van der Waals surface area (Å²) in [5, 5.41) is 0. The average molecular weight is 256 g/mol. The topological polar surface area (TPSA) is 46.3 Å². The van der Waals surface area contributed by atoms with Crippen LogP contribution in [0.25, 0.3) is 0 Å². The summed E-state index contributed by atoms with van der Waals surface area (Å²) in [6, 6.07) is 6.10. The number of nitrogens with two attached hydrogens (primary N) is 1. The van der Waals surface area contributed by atoms with E-state index in [9.17, 15) is 4.79 Å². The van der Waals surface area contributed by atoms with Gasteiger partial charge in [-0.25, -0.2) is 0 Å². The molecular formula is C16H20N2O. The number of hydrogen-bond donors (Lipinski definition) is 1. The van der Waals surface area contributed by atoms with Gasteiger partial charge < -0.3 is 10.6 Å². The molecule has 2 N–H and O–H groups in total. The van der Waals surface area contributed by atoms with Crippen molar-refractivity contribution in [3.8, 4) is 11.8 Å². The van der Waals surface area contributed by atoms with Crippen molar-refractivity contribution in [2.75, 3.05) is 13.1 Å². The van der Waals surface area contributed by atoms with Gasteiger partial charge in [-0.05, 0) is 44.4 Å². The molecule has 0 aliphatic carbocycles. The summed E-state index contributed by atoms with van der Waals surface area (Å²) in [5.41, 5.74) is 7.99. The number of hydrogen-bond acceptors (Lipinski definition) is 2. The summed E-state index contributed by atoms with van der Waals surface area (Å²) in [6.45, 7) is 5.27. The molecule has 0 radical (unpaired) electrons. The number of nitrogens with zero attached hydrogens (tertiary/aromatic N) is 1. The van der Waals surface area contributed by atoms with E-state index in [0.717, 1.165) is 36.1 Å². The molecule has 1 unspecified atom stereocenters. The van der Waals surface area contributed by atoms with Crippen LogP contribution in [-0.2, 0) is 0 Å². The lowest BCUT2D eigenvalue weighted by molar-refractivity contribution is 0.0746. The molecule has 1 amide bonds. The number of carbonyl (C=O) groups is 1. The minimum absolute atomic E-state index is 0.124. The molecule has 1 fully saturated rings. The maximum Gasteiger partial charge on any atom is 0.254 e. The van der Waals surface area contributed by atoms with Gasteiger partial charge in [0, 0.05) is 23.7 Å². The predicted molar refractivity (Wildman–Crippen MR) is 76.8 cm³/mol. The van der Waals surface area contributed by atoms with Gasteiger partial charge in [-0.2, -0.15) is 0 Å². The van der Waals surface area contributed by atoms with E-state index in [1.165, 1.54) is 0 Å². The molecule has 1 aromatic carbocycles. The Labute approximate surface area is 114 Å². The largest absolute Gasteiger partial charge is 0.336 e. The minimum atomic E-state index is 0.124. The zero-order chi connectivity index (χ0) is 13.8. The van der Waals surface area contributed by atoms with E-state index in [1.807, 2.05) is 30.0 Å². The molecule has 100 valence electrons. The van der Waals surface area contributed by atoms with E-state index in [2.05, 4.69) is 18.8 Å². The molecule has 1 heterocycles. The smallest absolute Gasteiger partial charge is 0.254 e. The normalized spacial score (nSPS) is 18.1. The summed E-state index contributed by atoms with van der Waals surface area (Å²) in [4.78, 5) is 14.5. The molecule has 1 aliphatic rings. The first kappa shape index (κ1) is 13.6. The van der Waals surface area contributed by atoms with Crippen molar-refractivity contribution in [3.63, 3.8) is 0 Å². The SMILES string of the molecule is Cc1ccc(C#CCN)cc1C(=O)N1CCCC1C. The van der Waals surface area contributed by atoms with Crippen LogP contribution >= 0.6 is 0 Å². The Morgan fingerprint density at radius 2 is 2.32 bits per heavy atom. The van der Waals surface area contributed by atoms with Gasteiger partial charge in [0.25, 0.3) is 5.91 Å². The van der Waals surface area contributed by atoms with E-state index >= 15 is 0 Å². The van der Waals surface area contributed by atoms with Gasteiger partial charge in [0.1, 0.15) is 0 Å². The van der Waals surface area contributed by atoms with Gasteiger partial charge in [-0.15, -0.1) is 0 Å². The first-order valence-corrected chi connectivity index (χ1v) is 6.74. The van der Waals surface area contributed by atoms with Crippen LogP contribution in [0.1, 0.15) is 41.3 Å². The molecule has 2 rings (SSSR count). The summed E-state index contributed by atoms with van der Waals surface area (Å²) in [5.74, 6) is 5.93. The third kappa shape index (κ3) is 2.97. The number of likely N-dealkylation sites (tertiary alicyclic amines) is 1. The van der Waals surface area contributed by atoms with Crippen LogP contribution in [0.15, 0.2) is 18.2 Å². The van der Waals surface area contributed by atoms with Crippen LogP contribution in [0.2, 0.25) is 0 Å². The molecule has 1 saturated heterocycles. The first-order chi connectivity index (χ1) is 9.13. The van der Waals surface area contributed by atoms with Crippen LogP contribution in [0.5, 0.6) is 0 Å². The van der Waals surface area contributed by atoms with E-state index < -0.39 is 0 Å². The molecule has 3 heteroatoms. The second kappa shape index (κ2) is 5.90. The fourth-order valence-electron chi connectivity index (χ4n) is 2.47. The molecule has 0 bridgehead atoms. The molecule has 0 saturated carbocycles. The monoisotopic (exact) mass is 256 g/mol. The van der Waals surface area contributed by atoms with E-state index in [-0.39, 0.29) is 5.91 Å². The fraction of sp³-hybridized carbons (Fsp3) is 0.438. The Balaban J connectivity index is 2.30. The zero-order valence-corrected chi connectivity index (χ0v) is 11.6. The van der Waals surface area contributed by atoms with Crippen molar-refractivity contribution in [2.24, 2.45) is 5.73 Å². The van der Waals surface area contributed by atoms with Gasteiger partial charge >= 0.3 is 0 Å². The number of aryl methyl sites for hydroxylation is 1. The van der Waals surface area contributed by atoms with Gasteiger partial charge in [-0.1, -0.05) is 17.9 Å². The number of benzene rings is 1. The molecule has 1 aliphatic heterocycles. The Morgan fingerprint density at radius 1 is 1.53 bits per heavy atom. The van der Waals surface area contributed by atoms with Crippen LogP contribution in [0.3, 0.4) is 0 Å². The van der Waals surface area contributed by atoms with Crippen molar-refractivity contribution in [2.45, 2.75) is 32.7 Å². The highest BCUT2D eigenvalue weighted by Gasteiger charge is 2.26. The van der Waals surface area contributed by atoms with Crippen molar-refractivity contribution in [1.29, 1.82) is 0 Å². The van der Waals surface area contributed by atoms with Gasteiger partial charge in [0.15, 0.2) is 0 Å². The van der Waals surface area contributed by atoms with Crippen molar-refractivity contribution in [1.82, 2.24) is 4.90 Å². The lowest BCUT2D eigenvalue weighted by atomic mass is 10.0. The second-order valence-electron chi connectivity index (χ2n) is 5.03. The molecule has 0 spiro atoms. The zero-order valence-electron chi connectivity index (χ0n) is 11.6. The van der Waals surface area contributed by atoms with Crippen LogP contribution in [-0.4, -0.2) is 29.9 Å². The third-order valence-electron chi connectivity index (χ3n) is 3.62. The second-order valence-corrected chi connectivity index (χ2v) is 5.03. The van der Waals surface area contributed by atoms with Crippen molar-refractivity contribution < 1.29 is 4.79 Å². The Morgan fingerprint density at radius 3 is 2.95 bits per heavy atom. The van der Waals surface area contributed by atoms with Crippen molar-refractivity contribution in [3.05, 3.63) is 34.9 Å². The van der Waals surface area contributed by atoms with E-state index in [0.29, 0.717) is 12.6 Å². The lowest BCUT2D eigenvalue weighted by Crippen LogP contribution is -2.34. The average Bonchev–Trinajstić information content (AvgIpc) is 2.83. The minimum Gasteiger partial charge on any atom is -0.336 e. The molecule has 1 atom stereocenters. The number of carbonyl (C=O) groups excluding carboxylic acids is 1. The van der Waals surface area contributed by atoms with Gasteiger partial charge in [0.05, 0.1) is 6.54 Å². The fourth-order valence-corrected chi connectivity index (χ4v) is 2.47. The third-order valence-corrected chi connectivity index (χ3v) is 3.62. The number of rotatable bonds is 1. The highest BCUT2D eigenvalue weighted by molar-refractivity contribution is 5.96. The molecule has 3 nitrogen and oxygen atoms in total. The Hall–Kier alpha value is -1.79. The standard InChI is InChI=1S/C16H20N2O/c1-12-7-8-14(6-3-9-17)11-15(12)16(19)18-10-4-5-13(18)2/h7-8,11,13H,4-5,9-10,17H2,1-2H3. The van der Waals surface area contributed by atoms with Gasteiger partial charge in [0.2, 0.25) is 0 Å². The highest BCUT2D eigenvalue weighted by Crippen LogP contribution is 2.21. The lowest BCUT2D eigenvalue weighted by Gasteiger charge is -2.22. The predicted octanol–water partition coefficient (Wildman–Crippen LogP) is 1.93. The summed E-state index contributed by atoms with van der Waals surface area (Å²) >= 11 is 0. The number of amides is 1. The molecule has 1 aromatic rings. The van der Waals surface area contributed by atoms with E-state index in [1.54, 1.807) is 0 Å². The summed E-state index contributed by atoms with van der Waals surface area (Å²) in [6.07, 6.45) is 2.19. The molecule has 0 aromatic heterocycles. The van der Waals surface area contributed by atoms with Crippen LogP contribution in [0, 0.1) is 18.8 Å². The summed E-state index contributed by atoms with van der Waals surface area (Å²) < 4.78 is 0. The Kier molecular flexibility index (Phi) is 4.24. The maximum atomic E-state index is 12.6. The quantitative estimate of drug-likeness (QED) is 0.780. The van der Waals surface area contributed by atoms with Crippen LogP contribution < -0.4 is 5.73 Å². The highest BCUT2D eigenvalue weighted by atomic mass is 16.2. The van der Waals surface area contributed by atoms with E-state index in [4.69, 9.17) is 5.73 Å². The summed E-state index contributed by atoms with van der Waals surface area (Å²) in [7, 11) is 0. The molecular weight excluding hydrogens is 236 g/mol. The van der Waals surface area contributed by atoms with Gasteiger partial charge in [-0.3, -0.25) is 4.79 Å². The Bertz CT molecular complexity index is 539.